The lowest BCUT2D eigenvalue weighted by molar-refractivity contribution is -0.301. The Bertz CT molecular complexity index is 1390. The molecule has 0 aromatic carbocycles. The van der Waals surface area contributed by atoms with Crippen LogP contribution < -0.4 is 0 Å². The van der Waals surface area contributed by atoms with Crippen molar-refractivity contribution in [3.05, 3.63) is 85.1 Å². The summed E-state index contributed by atoms with van der Waals surface area (Å²) < 4.78 is 58.9. The lowest BCUT2D eigenvalue weighted by Gasteiger charge is -2.41. The first-order valence-electron chi connectivity index (χ1n) is 22.8. The molecule has 1 rings (SSSR count). The highest BCUT2D eigenvalue weighted by atomic mass is 32.3. The summed E-state index contributed by atoms with van der Waals surface area (Å²) in [6.45, 7) is 3.72. The van der Waals surface area contributed by atoms with Crippen LogP contribution in [0.5, 0.6) is 0 Å². The van der Waals surface area contributed by atoms with Crippen molar-refractivity contribution in [2.45, 2.75) is 185 Å². The third-order valence-corrected chi connectivity index (χ3v) is 10.2. The molecule has 1 aliphatic heterocycles. The van der Waals surface area contributed by atoms with Gasteiger partial charge in [-0.15, -0.1) is 0 Å². The van der Waals surface area contributed by atoms with E-state index in [0.717, 1.165) is 83.5 Å². The highest BCUT2D eigenvalue weighted by molar-refractivity contribution is 7.80. The van der Waals surface area contributed by atoms with Crippen LogP contribution in [0.1, 0.15) is 149 Å². The molecule has 1 aliphatic rings. The topological polar surface area (TPSA) is 178 Å². The summed E-state index contributed by atoms with van der Waals surface area (Å²) >= 11 is 0. The molecule has 6 unspecified atom stereocenters. The first kappa shape index (κ1) is 56.3. The van der Waals surface area contributed by atoms with E-state index >= 15 is 0 Å². The summed E-state index contributed by atoms with van der Waals surface area (Å²) in [7, 11) is -5.07. The van der Waals surface area contributed by atoms with Gasteiger partial charge in [0.1, 0.15) is 30.5 Å². The summed E-state index contributed by atoms with van der Waals surface area (Å²) in [5.74, 6) is -0.421. The molecule has 6 atom stereocenters. The minimum atomic E-state index is -5.07. The SMILES string of the molecule is CC/C=C\C/C=C\C/C=C\C/C=C\C/C=C\C/C=C\C/C=C\CCCCOCC(COC1OC(CO)C(O)C(OS(=O)(=O)O)C1O)OC(=O)CCCCCCCCCCCC. The van der Waals surface area contributed by atoms with E-state index in [1.54, 1.807) is 0 Å². The summed E-state index contributed by atoms with van der Waals surface area (Å²) in [4.78, 5) is 12.8. The summed E-state index contributed by atoms with van der Waals surface area (Å²) in [6, 6.07) is 0. The fourth-order valence-corrected chi connectivity index (χ4v) is 6.87. The van der Waals surface area contributed by atoms with Crippen molar-refractivity contribution in [3.8, 4) is 0 Å². The third-order valence-electron chi connectivity index (χ3n) is 9.78. The first-order valence-corrected chi connectivity index (χ1v) is 24.2. The van der Waals surface area contributed by atoms with Crippen molar-refractivity contribution in [1.29, 1.82) is 0 Å². The fourth-order valence-electron chi connectivity index (χ4n) is 6.36. The molecule has 0 aromatic rings. The van der Waals surface area contributed by atoms with Crippen LogP contribution >= 0.6 is 0 Å². The second-order valence-electron chi connectivity index (χ2n) is 15.3. The molecular weight excluding hydrogens is 801 g/mol. The highest BCUT2D eigenvalue weighted by Crippen LogP contribution is 2.26. The van der Waals surface area contributed by atoms with Crippen molar-refractivity contribution in [1.82, 2.24) is 0 Å². The highest BCUT2D eigenvalue weighted by Gasteiger charge is 2.48. The number of esters is 1. The fraction of sp³-hybridized carbons (Fsp3) is 0.688. The van der Waals surface area contributed by atoms with Gasteiger partial charge in [-0.25, -0.2) is 4.18 Å². The van der Waals surface area contributed by atoms with E-state index in [4.69, 9.17) is 23.5 Å². The molecular formula is C48H80O12S. The van der Waals surface area contributed by atoms with Crippen LogP contribution in [0.3, 0.4) is 0 Å². The van der Waals surface area contributed by atoms with E-state index in [0.29, 0.717) is 13.0 Å². The quantitative estimate of drug-likeness (QED) is 0.0200. The second-order valence-corrected chi connectivity index (χ2v) is 16.3. The van der Waals surface area contributed by atoms with Crippen LogP contribution in [0, 0.1) is 0 Å². The van der Waals surface area contributed by atoms with Crippen molar-refractivity contribution >= 4 is 16.4 Å². The van der Waals surface area contributed by atoms with Gasteiger partial charge in [0.05, 0.1) is 19.8 Å². The van der Waals surface area contributed by atoms with E-state index in [2.05, 4.69) is 103 Å². The average Bonchev–Trinajstić information content (AvgIpc) is 3.23. The number of unbranched alkanes of at least 4 members (excludes halogenated alkanes) is 11. The van der Waals surface area contributed by atoms with Gasteiger partial charge in [-0.2, -0.15) is 8.42 Å². The van der Waals surface area contributed by atoms with E-state index in [1.807, 2.05) is 0 Å². The van der Waals surface area contributed by atoms with Crippen molar-refractivity contribution in [3.63, 3.8) is 0 Å². The average molecular weight is 881 g/mol. The Kier molecular flexibility index (Phi) is 35.9. The Hall–Kier alpha value is -2.72. The zero-order chi connectivity index (χ0) is 44.7. The number of aliphatic hydroxyl groups is 3. The van der Waals surface area contributed by atoms with Gasteiger partial charge >= 0.3 is 16.4 Å². The molecule has 13 heteroatoms. The van der Waals surface area contributed by atoms with Gasteiger partial charge in [0, 0.05) is 13.0 Å². The maximum Gasteiger partial charge on any atom is 0.397 e. The van der Waals surface area contributed by atoms with Crippen LogP contribution in [0.2, 0.25) is 0 Å². The van der Waals surface area contributed by atoms with Crippen molar-refractivity contribution < 1.29 is 56.2 Å². The predicted octanol–water partition coefficient (Wildman–Crippen LogP) is 9.68. The van der Waals surface area contributed by atoms with Gasteiger partial charge in [-0.3, -0.25) is 9.35 Å². The van der Waals surface area contributed by atoms with Gasteiger partial charge in [-0.05, 0) is 70.6 Å². The van der Waals surface area contributed by atoms with Crippen LogP contribution in [0.15, 0.2) is 85.1 Å². The predicted molar refractivity (Wildman–Crippen MR) is 243 cm³/mol. The number of hydrogen-bond acceptors (Lipinski definition) is 11. The smallest absolute Gasteiger partial charge is 0.397 e. The first-order chi connectivity index (χ1) is 29.6. The molecule has 0 spiro atoms. The van der Waals surface area contributed by atoms with Crippen LogP contribution in [0.4, 0.5) is 0 Å². The maximum absolute atomic E-state index is 12.8. The molecule has 0 bridgehead atoms. The summed E-state index contributed by atoms with van der Waals surface area (Å²) in [6.07, 6.45) is 42.0. The van der Waals surface area contributed by atoms with Gasteiger partial charge in [0.15, 0.2) is 6.29 Å². The maximum atomic E-state index is 12.8. The number of carbonyl (C=O) groups excluding carboxylic acids is 1. The second kappa shape index (κ2) is 38.9. The Morgan fingerprint density at radius 1 is 0.639 bits per heavy atom. The molecule has 1 heterocycles. The van der Waals surface area contributed by atoms with Crippen molar-refractivity contribution in [2.75, 3.05) is 26.4 Å². The molecule has 1 fully saturated rings. The van der Waals surface area contributed by atoms with Gasteiger partial charge in [0.2, 0.25) is 0 Å². The van der Waals surface area contributed by atoms with E-state index in [-0.39, 0.29) is 19.6 Å². The zero-order valence-corrected chi connectivity index (χ0v) is 38.0. The van der Waals surface area contributed by atoms with Gasteiger partial charge in [0.25, 0.3) is 0 Å². The lowest BCUT2D eigenvalue weighted by Crippen LogP contribution is -2.60. The number of carbonyl (C=O) groups is 1. The van der Waals surface area contributed by atoms with Gasteiger partial charge in [-0.1, -0.05) is 157 Å². The molecule has 1 saturated heterocycles. The molecule has 0 aliphatic carbocycles. The lowest BCUT2D eigenvalue weighted by atomic mass is 9.99. The molecule has 0 aromatic heterocycles. The molecule has 4 N–H and O–H groups in total. The molecule has 0 saturated carbocycles. The van der Waals surface area contributed by atoms with E-state index in [9.17, 15) is 28.5 Å². The monoisotopic (exact) mass is 881 g/mol. The van der Waals surface area contributed by atoms with Crippen LogP contribution in [-0.2, 0) is 38.3 Å². The number of aliphatic hydroxyl groups excluding tert-OH is 3. The van der Waals surface area contributed by atoms with Gasteiger partial charge < -0.3 is 34.3 Å². The molecule has 61 heavy (non-hydrogen) atoms. The van der Waals surface area contributed by atoms with E-state index in [1.165, 1.54) is 38.5 Å². The summed E-state index contributed by atoms with van der Waals surface area (Å²) in [5, 5.41) is 30.6. The van der Waals surface area contributed by atoms with Crippen molar-refractivity contribution in [2.24, 2.45) is 0 Å². The standard InChI is InChI=1S/C48H80O12S/c1-3-5-7-9-11-13-15-16-17-18-19-20-21-22-23-24-25-26-27-28-30-32-34-36-38-56-40-42(58-44(50)37-35-33-31-29-14-12-10-8-6-4-2)41-57-48-46(52)47(60-61(53,54)55)45(51)43(39-49)59-48/h5,7,11,13,16-17,19-20,22-23,25-26,28,30,42-43,45-49,51-52H,3-4,6,8-10,12,14-15,18,21,24,27,29,31-41H2,1-2H3,(H,53,54,55)/b7-5-,13-11-,17-16-,20-19-,23-22-,26-25-,30-28-. The summed E-state index contributed by atoms with van der Waals surface area (Å²) in [5.41, 5.74) is 0. The Labute approximate surface area is 368 Å². The molecule has 0 amide bonds. The van der Waals surface area contributed by atoms with E-state index < -0.39 is 59.8 Å². The molecule has 350 valence electrons. The normalized spacial score (nSPS) is 20.9. The third kappa shape index (κ3) is 32.6. The number of ether oxygens (including phenoxy) is 4. The minimum Gasteiger partial charge on any atom is -0.457 e. The largest absolute Gasteiger partial charge is 0.457 e. The Morgan fingerprint density at radius 2 is 1.13 bits per heavy atom. The number of rotatable bonds is 38. The van der Waals surface area contributed by atoms with Crippen LogP contribution in [0.25, 0.3) is 0 Å². The molecule has 12 nitrogen and oxygen atoms in total. The Balaban J connectivity index is 2.42. The van der Waals surface area contributed by atoms with Crippen LogP contribution in [-0.4, -0.2) is 97.5 Å². The zero-order valence-electron chi connectivity index (χ0n) is 37.2. The molecule has 0 radical (unpaired) electrons. The Morgan fingerprint density at radius 3 is 1.62 bits per heavy atom. The number of allylic oxidation sites excluding steroid dienone is 14. The minimum absolute atomic E-state index is 0.00209. The number of hydrogen-bond donors (Lipinski definition) is 4.